The Hall–Kier alpha value is -2.86. The van der Waals surface area contributed by atoms with Gasteiger partial charge in [0.2, 0.25) is 5.91 Å². The molecule has 3 atom stereocenters. The molecule has 1 aromatic carbocycles. The van der Waals surface area contributed by atoms with Gasteiger partial charge in [0.05, 0.1) is 30.6 Å². The largest absolute Gasteiger partial charge is 0.367 e. The number of amides is 1. The Morgan fingerprint density at radius 1 is 1.28 bits per heavy atom. The highest BCUT2D eigenvalue weighted by Gasteiger charge is 2.43. The highest BCUT2D eigenvalue weighted by atomic mass is 19.1. The van der Waals surface area contributed by atoms with E-state index in [1.165, 1.54) is 0 Å². The number of hydrogen-bond acceptors (Lipinski definition) is 6. The first-order chi connectivity index (χ1) is 15.5. The number of nitriles is 1. The van der Waals surface area contributed by atoms with Gasteiger partial charge in [-0.15, -0.1) is 0 Å². The lowest BCUT2D eigenvalue weighted by Gasteiger charge is -2.40. The fourth-order valence-electron chi connectivity index (χ4n) is 4.96. The molecule has 0 spiro atoms. The van der Waals surface area contributed by atoms with Crippen molar-refractivity contribution in [1.82, 2.24) is 20.6 Å². The molecule has 7 nitrogen and oxygen atoms in total. The number of piperidine rings is 1. The monoisotopic (exact) mass is 442 g/mol. The number of alkyl halides is 2. The molecule has 32 heavy (non-hydrogen) atoms. The van der Waals surface area contributed by atoms with E-state index in [1.54, 1.807) is 18.5 Å². The Morgan fingerprint density at radius 2 is 2.03 bits per heavy atom. The van der Waals surface area contributed by atoms with E-state index in [0.717, 1.165) is 12.2 Å². The van der Waals surface area contributed by atoms with Crippen LogP contribution in [0.4, 0.5) is 14.5 Å². The van der Waals surface area contributed by atoms with Crippen LogP contribution in [0.2, 0.25) is 0 Å². The molecule has 2 saturated heterocycles. The normalized spacial score (nSPS) is 24.9. The Labute approximate surface area is 186 Å². The zero-order valence-electron chi connectivity index (χ0n) is 18.2. The average molecular weight is 443 g/mol. The van der Waals surface area contributed by atoms with Gasteiger partial charge in [0.1, 0.15) is 17.1 Å². The maximum atomic E-state index is 13.7. The van der Waals surface area contributed by atoms with Gasteiger partial charge in [-0.25, -0.2) is 0 Å². The third kappa shape index (κ3) is 4.11. The van der Waals surface area contributed by atoms with Crippen LogP contribution in [0.25, 0.3) is 11.0 Å². The lowest BCUT2D eigenvalue weighted by atomic mass is 9.71. The highest BCUT2D eigenvalue weighted by Crippen LogP contribution is 2.36. The number of nitrogens with one attached hydrogen (secondary N) is 2. The van der Waals surface area contributed by atoms with Crippen LogP contribution < -0.4 is 15.5 Å². The summed E-state index contributed by atoms with van der Waals surface area (Å²) in [4.78, 5) is 23.7. The first kappa shape index (κ1) is 22.3. The third-order valence-electron chi connectivity index (χ3n) is 7.00. The average Bonchev–Trinajstić information content (AvgIpc) is 3.18. The molecular weight excluding hydrogens is 414 g/mol. The highest BCUT2D eigenvalue weighted by molar-refractivity contribution is 5.92. The van der Waals surface area contributed by atoms with Crippen molar-refractivity contribution >= 4 is 22.6 Å². The SMILES string of the molecule is CC1CN(c2ccc(C#N)c3nccnc23)CC1NC(=O)C[C@@H]1CCNCC1(CF)CF. The van der Waals surface area contributed by atoms with Crippen LogP contribution in [0.3, 0.4) is 0 Å². The van der Waals surface area contributed by atoms with Gasteiger partial charge in [0, 0.05) is 43.9 Å². The number of rotatable bonds is 6. The summed E-state index contributed by atoms with van der Waals surface area (Å²) in [6.07, 6.45) is 3.89. The van der Waals surface area contributed by atoms with Crippen LogP contribution >= 0.6 is 0 Å². The number of anilines is 1. The van der Waals surface area contributed by atoms with Gasteiger partial charge in [0.15, 0.2) is 0 Å². The van der Waals surface area contributed by atoms with Gasteiger partial charge in [0.25, 0.3) is 0 Å². The standard InChI is InChI=1S/C23H28F2N6O/c1-15-10-31(19-3-2-16(9-26)21-22(19)29-7-6-28-21)11-18(15)30-20(32)8-17-4-5-27-14-23(17,12-24)13-25/h2-3,6-7,15,17-18,27H,4-5,8,10-14H2,1H3,(H,30,32)/t15?,17-,18?/m0/s1. The van der Waals surface area contributed by atoms with E-state index in [1.807, 2.05) is 6.07 Å². The second-order valence-electron chi connectivity index (χ2n) is 9.05. The number of hydrogen-bond donors (Lipinski definition) is 2. The summed E-state index contributed by atoms with van der Waals surface area (Å²) in [5, 5.41) is 15.5. The lowest BCUT2D eigenvalue weighted by molar-refractivity contribution is -0.124. The van der Waals surface area contributed by atoms with Gasteiger partial charge in [-0.05, 0) is 36.9 Å². The van der Waals surface area contributed by atoms with Crippen LogP contribution in [0.5, 0.6) is 0 Å². The molecule has 2 aliphatic heterocycles. The van der Waals surface area contributed by atoms with Crippen molar-refractivity contribution in [2.45, 2.75) is 25.8 Å². The molecule has 0 saturated carbocycles. The van der Waals surface area contributed by atoms with Gasteiger partial charge >= 0.3 is 0 Å². The molecule has 3 heterocycles. The molecular formula is C23H28F2N6O. The van der Waals surface area contributed by atoms with E-state index in [2.05, 4.69) is 38.5 Å². The summed E-state index contributed by atoms with van der Waals surface area (Å²) in [5.41, 5.74) is 1.47. The van der Waals surface area contributed by atoms with Crippen LogP contribution in [0, 0.1) is 28.6 Å². The maximum Gasteiger partial charge on any atom is 0.220 e. The molecule has 2 fully saturated rings. The number of halogens is 2. The fourth-order valence-corrected chi connectivity index (χ4v) is 4.96. The molecule has 1 aromatic heterocycles. The number of benzene rings is 1. The van der Waals surface area contributed by atoms with E-state index >= 15 is 0 Å². The lowest BCUT2D eigenvalue weighted by Crippen LogP contribution is -2.51. The van der Waals surface area contributed by atoms with Crippen LogP contribution in [0.15, 0.2) is 24.5 Å². The quantitative estimate of drug-likeness (QED) is 0.714. The molecule has 4 rings (SSSR count). The molecule has 2 aliphatic rings. The summed E-state index contributed by atoms with van der Waals surface area (Å²) in [6.45, 7) is 2.77. The number of fused-ring (bicyclic) bond motifs is 1. The first-order valence-corrected chi connectivity index (χ1v) is 11.0. The third-order valence-corrected chi connectivity index (χ3v) is 7.00. The van der Waals surface area contributed by atoms with Gasteiger partial charge in [-0.2, -0.15) is 5.26 Å². The summed E-state index contributed by atoms with van der Waals surface area (Å²) in [5.74, 6) is -0.294. The molecule has 0 bridgehead atoms. The first-order valence-electron chi connectivity index (χ1n) is 11.0. The molecule has 2 unspecified atom stereocenters. The topological polar surface area (TPSA) is 93.9 Å². The smallest absolute Gasteiger partial charge is 0.220 e. The van der Waals surface area contributed by atoms with Crippen molar-refractivity contribution < 1.29 is 13.6 Å². The Kier molecular flexibility index (Phi) is 6.51. The Bertz CT molecular complexity index is 1020. The number of carbonyl (C=O) groups is 1. The maximum absolute atomic E-state index is 13.7. The van der Waals surface area contributed by atoms with Crippen molar-refractivity contribution in [1.29, 1.82) is 5.26 Å². The summed E-state index contributed by atoms with van der Waals surface area (Å²) in [6, 6.07) is 5.68. The second kappa shape index (κ2) is 9.33. The number of carbonyl (C=O) groups excluding carboxylic acids is 1. The molecule has 0 radical (unpaired) electrons. The predicted octanol–water partition coefficient (Wildman–Crippen LogP) is 2.37. The minimum atomic E-state index is -1.11. The van der Waals surface area contributed by atoms with E-state index in [9.17, 15) is 18.8 Å². The van der Waals surface area contributed by atoms with Crippen molar-refractivity contribution in [3.63, 3.8) is 0 Å². The van der Waals surface area contributed by atoms with Crippen molar-refractivity contribution in [3.8, 4) is 6.07 Å². The van der Waals surface area contributed by atoms with Crippen molar-refractivity contribution in [2.24, 2.45) is 17.3 Å². The molecule has 170 valence electrons. The van der Waals surface area contributed by atoms with E-state index in [0.29, 0.717) is 36.1 Å². The van der Waals surface area contributed by atoms with Gasteiger partial charge < -0.3 is 15.5 Å². The van der Waals surface area contributed by atoms with E-state index < -0.39 is 18.8 Å². The molecule has 2 aromatic rings. The minimum absolute atomic E-state index is 0.0864. The summed E-state index contributed by atoms with van der Waals surface area (Å²) >= 11 is 0. The van der Waals surface area contributed by atoms with Crippen molar-refractivity contribution in [3.05, 3.63) is 30.1 Å². The predicted molar refractivity (Wildman–Crippen MR) is 118 cm³/mol. The summed E-state index contributed by atoms with van der Waals surface area (Å²) < 4.78 is 27.3. The van der Waals surface area contributed by atoms with Gasteiger partial charge in [-0.1, -0.05) is 6.92 Å². The van der Waals surface area contributed by atoms with Crippen molar-refractivity contribution in [2.75, 3.05) is 44.4 Å². The van der Waals surface area contributed by atoms with Crippen LogP contribution in [-0.2, 0) is 4.79 Å². The van der Waals surface area contributed by atoms with Gasteiger partial charge in [-0.3, -0.25) is 23.5 Å². The zero-order chi connectivity index (χ0) is 22.7. The molecule has 9 heteroatoms. The minimum Gasteiger partial charge on any atom is -0.367 e. The molecule has 2 N–H and O–H groups in total. The summed E-state index contributed by atoms with van der Waals surface area (Å²) in [7, 11) is 0. The Morgan fingerprint density at radius 3 is 2.75 bits per heavy atom. The number of aromatic nitrogens is 2. The second-order valence-corrected chi connectivity index (χ2v) is 9.05. The van der Waals surface area contributed by atoms with E-state index in [4.69, 9.17) is 0 Å². The molecule has 1 amide bonds. The number of nitrogens with zero attached hydrogens (tertiary/aromatic N) is 4. The zero-order valence-corrected chi connectivity index (χ0v) is 18.2. The van der Waals surface area contributed by atoms with Crippen LogP contribution in [0.1, 0.15) is 25.3 Å². The van der Waals surface area contributed by atoms with E-state index in [-0.39, 0.29) is 36.8 Å². The Balaban J connectivity index is 1.46. The van der Waals surface area contributed by atoms with Crippen LogP contribution in [-0.4, -0.2) is 61.4 Å². The fraction of sp³-hybridized carbons (Fsp3) is 0.565. The molecule has 0 aliphatic carbocycles.